The fourth-order valence-electron chi connectivity index (χ4n) is 3.53. The molecule has 4 rings (SSSR count). The lowest BCUT2D eigenvalue weighted by atomic mass is 9.90. The van der Waals surface area contributed by atoms with E-state index in [-0.39, 0.29) is 12.0 Å². The van der Waals surface area contributed by atoms with Crippen molar-refractivity contribution in [3.8, 4) is 0 Å². The van der Waals surface area contributed by atoms with Gasteiger partial charge >= 0.3 is 0 Å². The Balaban J connectivity index is 1.40. The van der Waals surface area contributed by atoms with Crippen molar-refractivity contribution < 1.29 is 9.53 Å². The molecule has 2 fully saturated rings. The maximum Gasteiger partial charge on any atom is 0.233 e. The van der Waals surface area contributed by atoms with Gasteiger partial charge in [-0.15, -0.1) is 11.3 Å². The Morgan fingerprint density at radius 3 is 3.13 bits per heavy atom. The van der Waals surface area contributed by atoms with Crippen molar-refractivity contribution in [2.24, 2.45) is 0 Å². The molecule has 1 saturated heterocycles. The van der Waals surface area contributed by atoms with E-state index in [0.29, 0.717) is 18.4 Å². The molecule has 4 nitrogen and oxygen atoms in total. The monoisotopic (exact) mass is 348 g/mol. The van der Waals surface area contributed by atoms with Gasteiger partial charge in [-0.2, -0.15) is 0 Å². The number of thioether (sulfide) groups is 1. The highest BCUT2D eigenvalue weighted by atomic mass is 32.2. The van der Waals surface area contributed by atoms with E-state index in [2.05, 4.69) is 16.0 Å². The summed E-state index contributed by atoms with van der Waals surface area (Å²) in [6, 6.07) is 8.41. The number of ether oxygens (including phenoxy) is 1. The fourth-order valence-corrected chi connectivity index (χ4v) is 5.48. The molecular formula is C17H20N2O2S2. The van der Waals surface area contributed by atoms with Gasteiger partial charge in [0.1, 0.15) is 0 Å². The maximum absolute atomic E-state index is 12.7. The zero-order valence-corrected chi connectivity index (χ0v) is 14.6. The minimum absolute atomic E-state index is 0.231. The number of amides is 1. The summed E-state index contributed by atoms with van der Waals surface area (Å²) >= 11 is 3.23. The Morgan fingerprint density at radius 2 is 2.22 bits per heavy atom. The van der Waals surface area contributed by atoms with Gasteiger partial charge in [-0.3, -0.25) is 4.79 Å². The van der Waals surface area contributed by atoms with E-state index in [1.54, 1.807) is 23.1 Å². The van der Waals surface area contributed by atoms with E-state index in [1.165, 1.54) is 17.5 Å². The molecule has 1 aromatic carbocycles. The highest BCUT2D eigenvalue weighted by Crippen LogP contribution is 2.31. The number of carbonyl (C=O) groups excluding carboxylic acids is 1. The Kier molecular flexibility index (Phi) is 4.55. The standard InChI is InChI=1S/C17H20N2O2S2/c20-16(19-9-10-21-14-7-3-2-6-13(14)19)11-22-17-18-12-5-1-4-8-15(12)23-17/h1,4-5,8,13-14H,2-3,6-7,9-11H2/t13-,14-/m1/s1. The second-order valence-electron chi connectivity index (χ2n) is 6.08. The second kappa shape index (κ2) is 6.79. The number of hydrogen-bond donors (Lipinski definition) is 0. The second-order valence-corrected chi connectivity index (χ2v) is 8.34. The number of carbonyl (C=O) groups is 1. The van der Waals surface area contributed by atoms with E-state index >= 15 is 0 Å². The molecule has 122 valence electrons. The SMILES string of the molecule is O=C(CSc1nc2ccccc2s1)N1CCO[C@@H]2CCCC[C@H]21. The summed E-state index contributed by atoms with van der Waals surface area (Å²) in [6.45, 7) is 1.42. The number of morpholine rings is 1. The number of fused-ring (bicyclic) bond motifs is 2. The molecule has 1 aromatic heterocycles. The number of nitrogens with zero attached hydrogens (tertiary/aromatic N) is 2. The lowest BCUT2D eigenvalue weighted by molar-refractivity contribution is -0.146. The number of benzene rings is 1. The molecule has 1 aliphatic heterocycles. The molecule has 0 spiro atoms. The van der Waals surface area contributed by atoms with Crippen LogP contribution in [-0.4, -0.2) is 46.8 Å². The number of hydrogen-bond acceptors (Lipinski definition) is 5. The maximum atomic E-state index is 12.7. The number of para-hydroxylation sites is 1. The fraction of sp³-hybridized carbons (Fsp3) is 0.529. The summed E-state index contributed by atoms with van der Waals surface area (Å²) in [4.78, 5) is 19.3. The Labute approximate surface area is 144 Å². The van der Waals surface area contributed by atoms with Crippen LogP contribution in [0.3, 0.4) is 0 Å². The molecule has 0 unspecified atom stereocenters. The Hall–Kier alpha value is -1.11. The number of thiazole rings is 1. The molecular weight excluding hydrogens is 328 g/mol. The van der Waals surface area contributed by atoms with Crippen molar-refractivity contribution in [1.82, 2.24) is 9.88 Å². The zero-order chi connectivity index (χ0) is 15.6. The van der Waals surface area contributed by atoms with Crippen molar-refractivity contribution in [2.45, 2.75) is 42.2 Å². The average Bonchev–Trinajstić information content (AvgIpc) is 3.02. The molecule has 2 aromatic rings. The third kappa shape index (κ3) is 3.25. The van der Waals surface area contributed by atoms with Gasteiger partial charge < -0.3 is 9.64 Å². The van der Waals surface area contributed by atoms with Crippen LogP contribution in [0.15, 0.2) is 28.6 Å². The van der Waals surface area contributed by atoms with Gasteiger partial charge in [0.2, 0.25) is 5.91 Å². The van der Waals surface area contributed by atoms with Gasteiger partial charge in [0.15, 0.2) is 4.34 Å². The lowest BCUT2D eigenvalue weighted by Gasteiger charge is -2.43. The van der Waals surface area contributed by atoms with Crippen LogP contribution in [0.4, 0.5) is 0 Å². The Morgan fingerprint density at radius 1 is 1.35 bits per heavy atom. The van der Waals surface area contributed by atoms with Crippen molar-refractivity contribution >= 4 is 39.2 Å². The molecule has 2 aliphatic rings. The summed E-state index contributed by atoms with van der Waals surface area (Å²) in [5.41, 5.74) is 1.02. The first-order valence-corrected chi connectivity index (χ1v) is 10.0. The van der Waals surface area contributed by atoms with Gasteiger partial charge in [-0.1, -0.05) is 36.7 Å². The molecule has 0 N–H and O–H groups in total. The first-order valence-electron chi connectivity index (χ1n) is 8.21. The molecule has 23 heavy (non-hydrogen) atoms. The smallest absolute Gasteiger partial charge is 0.233 e. The first kappa shape index (κ1) is 15.4. The van der Waals surface area contributed by atoms with E-state index in [0.717, 1.165) is 29.2 Å². The first-order chi connectivity index (χ1) is 11.3. The summed E-state index contributed by atoms with van der Waals surface area (Å²) in [6.07, 6.45) is 4.87. The molecule has 0 bridgehead atoms. The van der Waals surface area contributed by atoms with Crippen molar-refractivity contribution in [3.63, 3.8) is 0 Å². The predicted octanol–water partition coefficient (Wildman–Crippen LogP) is 3.56. The van der Waals surface area contributed by atoms with Crippen LogP contribution in [0.1, 0.15) is 25.7 Å². The van der Waals surface area contributed by atoms with Crippen LogP contribution in [-0.2, 0) is 9.53 Å². The van der Waals surface area contributed by atoms with Crippen molar-refractivity contribution in [3.05, 3.63) is 24.3 Å². The highest BCUT2D eigenvalue weighted by molar-refractivity contribution is 8.01. The molecule has 2 atom stereocenters. The van der Waals surface area contributed by atoms with Crippen molar-refractivity contribution in [2.75, 3.05) is 18.9 Å². The lowest BCUT2D eigenvalue weighted by Crippen LogP contribution is -2.55. The minimum Gasteiger partial charge on any atom is -0.374 e. The quantitative estimate of drug-likeness (QED) is 0.796. The van der Waals surface area contributed by atoms with Crippen LogP contribution in [0.2, 0.25) is 0 Å². The topological polar surface area (TPSA) is 42.4 Å². The minimum atomic E-state index is 0.231. The molecule has 6 heteroatoms. The third-order valence-corrected chi connectivity index (χ3v) is 6.81. The van der Waals surface area contributed by atoms with Gasteiger partial charge in [0.05, 0.1) is 34.7 Å². The summed E-state index contributed by atoms with van der Waals surface area (Å²) in [7, 11) is 0. The third-order valence-electron chi connectivity index (χ3n) is 4.65. The predicted molar refractivity (Wildman–Crippen MR) is 94.1 cm³/mol. The van der Waals surface area contributed by atoms with E-state index in [1.807, 2.05) is 18.2 Å². The summed E-state index contributed by atoms with van der Waals surface area (Å²) in [5.74, 6) is 0.706. The summed E-state index contributed by atoms with van der Waals surface area (Å²) in [5, 5.41) is 0. The Bertz CT molecular complexity index is 668. The molecule has 1 aliphatic carbocycles. The largest absolute Gasteiger partial charge is 0.374 e. The van der Waals surface area contributed by atoms with Crippen LogP contribution >= 0.6 is 23.1 Å². The van der Waals surface area contributed by atoms with Gasteiger partial charge in [-0.05, 0) is 25.0 Å². The average molecular weight is 348 g/mol. The summed E-state index contributed by atoms with van der Waals surface area (Å²) < 4.78 is 8.02. The van der Waals surface area contributed by atoms with E-state index in [9.17, 15) is 4.79 Å². The van der Waals surface area contributed by atoms with Crippen LogP contribution < -0.4 is 0 Å². The van der Waals surface area contributed by atoms with Crippen LogP contribution in [0, 0.1) is 0 Å². The molecule has 0 radical (unpaired) electrons. The zero-order valence-electron chi connectivity index (χ0n) is 12.9. The van der Waals surface area contributed by atoms with Crippen LogP contribution in [0.25, 0.3) is 10.2 Å². The van der Waals surface area contributed by atoms with E-state index < -0.39 is 0 Å². The number of aromatic nitrogens is 1. The molecule has 1 saturated carbocycles. The normalized spacial score (nSPS) is 24.6. The number of rotatable bonds is 3. The molecule has 2 heterocycles. The van der Waals surface area contributed by atoms with Crippen LogP contribution in [0.5, 0.6) is 0 Å². The van der Waals surface area contributed by atoms with Gasteiger partial charge in [-0.25, -0.2) is 4.98 Å². The van der Waals surface area contributed by atoms with Gasteiger partial charge in [0.25, 0.3) is 0 Å². The highest BCUT2D eigenvalue weighted by Gasteiger charge is 2.36. The van der Waals surface area contributed by atoms with E-state index in [4.69, 9.17) is 4.74 Å². The molecule has 1 amide bonds. The van der Waals surface area contributed by atoms with Gasteiger partial charge in [0, 0.05) is 6.54 Å². The van der Waals surface area contributed by atoms with Crippen molar-refractivity contribution in [1.29, 1.82) is 0 Å².